The van der Waals surface area contributed by atoms with Crippen molar-refractivity contribution in [2.45, 2.75) is 18.9 Å². The van der Waals surface area contributed by atoms with Crippen molar-refractivity contribution in [2.75, 3.05) is 0 Å². The van der Waals surface area contributed by atoms with Crippen LogP contribution in [-0.2, 0) is 0 Å². The number of carbonyl (C=O) groups is 1. The summed E-state index contributed by atoms with van der Waals surface area (Å²) in [5.41, 5.74) is 4.54. The molecule has 0 spiro atoms. The van der Waals surface area contributed by atoms with E-state index in [1.54, 1.807) is 0 Å². The molecule has 0 aromatic carbocycles. The molecule has 1 aliphatic rings. The predicted molar refractivity (Wildman–Crippen MR) is 46.4 cm³/mol. The Kier molecular flexibility index (Phi) is 2.07. The number of pyridine rings is 1. The first-order chi connectivity index (χ1) is 6.66. The van der Waals surface area contributed by atoms with Crippen molar-refractivity contribution in [1.29, 1.82) is 0 Å². The number of aromatic nitrogens is 1. The maximum Gasteiger partial charge on any atom is 0.270 e. The van der Waals surface area contributed by atoms with E-state index in [4.69, 9.17) is 10.5 Å². The van der Waals surface area contributed by atoms with Crippen molar-refractivity contribution >= 4 is 5.91 Å². The minimum absolute atomic E-state index is 0.177. The van der Waals surface area contributed by atoms with E-state index < -0.39 is 11.7 Å². The van der Waals surface area contributed by atoms with Gasteiger partial charge in [-0.15, -0.1) is 0 Å². The molecule has 1 saturated carbocycles. The molecule has 0 radical (unpaired) electrons. The molecule has 1 aromatic rings. The number of ether oxygens (including phenoxy) is 1. The Morgan fingerprint density at radius 3 is 2.86 bits per heavy atom. The van der Waals surface area contributed by atoms with Crippen LogP contribution < -0.4 is 10.5 Å². The number of nitrogens with zero attached hydrogens (tertiary/aromatic N) is 1. The molecule has 1 heterocycles. The average molecular weight is 196 g/mol. The van der Waals surface area contributed by atoms with Crippen molar-refractivity contribution in [1.82, 2.24) is 4.98 Å². The van der Waals surface area contributed by atoms with Gasteiger partial charge in [-0.1, -0.05) is 0 Å². The molecule has 74 valence electrons. The van der Waals surface area contributed by atoms with Gasteiger partial charge in [0.1, 0.15) is 5.75 Å². The van der Waals surface area contributed by atoms with Gasteiger partial charge in [-0.2, -0.15) is 0 Å². The normalized spacial score (nSPS) is 15.2. The molecular formula is C9H9FN2O2. The summed E-state index contributed by atoms with van der Waals surface area (Å²) in [6, 6.07) is 1.13. The van der Waals surface area contributed by atoms with Crippen LogP contribution in [0.3, 0.4) is 0 Å². The summed E-state index contributed by atoms with van der Waals surface area (Å²) in [6.07, 6.45) is 3.45. The summed E-state index contributed by atoms with van der Waals surface area (Å²) in [4.78, 5) is 14.2. The smallest absolute Gasteiger partial charge is 0.270 e. The second-order valence-electron chi connectivity index (χ2n) is 3.18. The van der Waals surface area contributed by atoms with E-state index in [2.05, 4.69) is 4.98 Å². The predicted octanol–water partition coefficient (Wildman–Crippen LogP) is 0.861. The molecule has 0 unspecified atom stereocenters. The Hall–Kier alpha value is -1.65. The molecule has 5 heteroatoms. The number of carbonyl (C=O) groups excluding carboxylic acids is 1. The van der Waals surface area contributed by atoms with Crippen LogP contribution in [0, 0.1) is 5.82 Å². The van der Waals surface area contributed by atoms with E-state index in [0.717, 1.165) is 18.9 Å². The number of hydrogen-bond acceptors (Lipinski definition) is 3. The lowest BCUT2D eigenvalue weighted by Gasteiger charge is -2.04. The molecule has 4 nitrogen and oxygen atoms in total. The molecule has 1 fully saturated rings. The van der Waals surface area contributed by atoms with Gasteiger partial charge in [-0.3, -0.25) is 4.79 Å². The van der Waals surface area contributed by atoms with Gasteiger partial charge < -0.3 is 10.5 Å². The summed E-state index contributed by atoms with van der Waals surface area (Å²) >= 11 is 0. The molecule has 0 aliphatic heterocycles. The quantitative estimate of drug-likeness (QED) is 0.779. The number of hydrogen-bond donors (Lipinski definition) is 1. The van der Waals surface area contributed by atoms with E-state index in [0.29, 0.717) is 5.75 Å². The molecule has 0 atom stereocenters. The number of amides is 1. The average Bonchev–Trinajstić information content (AvgIpc) is 2.87. The third kappa shape index (κ3) is 1.81. The minimum atomic E-state index is -0.875. The highest BCUT2D eigenvalue weighted by molar-refractivity contribution is 5.91. The lowest BCUT2D eigenvalue weighted by molar-refractivity contribution is 0.0991. The molecular weight excluding hydrogens is 187 g/mol. The second kappa shape index (κ2) is 3.25. The zero-order chi connectivity index (χ0) is 10.1. The van der Waals surface area contributed by atoms with Gasteiger partial charge in [0.05, 0.1) is 12.3 Å². The summed E-state index contributed by atoms with van der Waals surface area (Å²) in [7, 11) is 0. The van der Waals surface area contributed by atoms with E-state index in [1.807, 2.05) is 0 Å². The number of rotatable bonds is 3. The molecule has 1 amide bonds. The van der Waals surface area contributed by atoms with Gasteiger partial charge in [0, 0.05) is 6.07 Å². The minimum Gasteiger partial charge on any atom is -0.489 e. The second-order valence-corrected chi connectivity index (χ2v) is 3.18. The molecule has 2 rings (SSSR count). The number of nitrogens with two attached hydrogens (primary N) is 1. The Labute approximate surface area is 79.9 Å². The lowest BCUT2D eigenvalue weighted by Crippen LogP contribution is -2.15. The molecule has 14 heavy (non-hydrogen) atoms. The first-order valence-corrected chi connectivity index (χ1v) is 4.29. The first kappa shape index (κ1) is 8.93. The molecule has 1 aromatic heterocycles. The summed E-state index contributed by atoms with van der Waals surface area (Å²) < 4.78 is 18.4. The molecule has 0 saturated heterocycles. The Balaban J connectivity index is 2.20. The van der Waals surface area contributed by atoms with Gasteiger partial charge in [0.25, 0.3) is 5.91 Å². The largest absolute Gasteiger partial charge is 0.489 e. The summed E-state index contributed by atoms with van der Waals surface area (Å²) in [6.45, 7) is 0. The lowest BCUT2D eigenvalue weighted by atomic mass is 10.3. The molecule has 0 bridgehead atoms. The summed E-state index contributed by atoms with van der Waals surface area (Å²) in [5.74, 6) is -1.27. The van der Waals surface area contributed by atoms with Gasteiger partial charge in [-0.05, 0) is 12.8 Å². The number of primary amides is 1. The third-order valence-corrected chi connectivity index (χ3v) is 1.88. The van der Waals surface area contributed by atoms with Crippen LogP contribution in [0.25, 0.3) is 0 Å². The first-order valence-electron chi connectivity index (χ1n) is 4.29. The van der Waals surface area contributed by atoms with Crippen LogP contribution in [0.5, 0.6) is 5.75 Å². The monoisotopic (exact) mass is 196 g/mol. The van der Waals surface area contributed by atoms with Crippen LogP contribution in [0.15, 0.2) is 12.3 Å². The van der Waals surface area contributed by atoms with Gasteiger partial charge in [0.15, 0.2) is 11.5 Å². The Morgan fingerprint density at radius 2 is 2.36 bits per heavy atom. The zero-order valence-corrected chi connectivity index (χ0v) is 7.37. The van der Waals surface area contributed by atoms with E-state index >= 15 is 0 Å². The van der Waals surface area contributed by atoms with Crippen molar-refractivity contribution in [3.63, 3.8) is 0 Å². The van der Waals surface area contributed by atoms with Crippen molar-refractivity contribution in [3.05, 3.63) is 23.8 Å². The number of halogens is 1. The van der Waals surface area contributed by atoms with E-state index in [9.17, 15) is 9.18 Å². The fourth-order valence-electron chi connectivity index (χ4n) is 1.04. The van der Waals surface area contributed by atoms with Crippen molar-refractivity contribution in [2.24, 2.45) is 5.73 Å². The zero-order valence-electron chi connectivity index (χ0n) is 7.37. The van der Waals surface area contributed by atoms with Crippen LogP contribution in [0.2, 0.25) is 0 Å². The topological polar surface area (TPSA) is 65.2 Å². The fraction of sp³-hybridized carbons (Fsp3) is 0.333. The van der Waals surface area contributed by atoms with Gasteiger partial charge in [-0.25, -0.2) is 9.37 Å². The van der Waals surface area contributed by atoms with Crippen LogP contribution in [0.4, 0.5) is 4.39 Å². The van der Waals surface area contributed by atoms with Crippen LogP contribution in [0.1, 0.15) is 23.3 Å². The third-order valence-electron chi connectivity index (χ3n) is 1.88. The van der Waals surface area contributed by atoms with E-state index in [-0.39, 0.29) is 11.8 Å². The standard InChI is InChI=1S/C9H9FN2O2/c10-7-3-6(14-5-1-2-5)4-12-8(7)9(11)13/h3-5H,1-2H2,(H2,11,13). The van der Waals surface area contributed by atoms with Gasteiger partial charge >= 0.3 is 0 Å². The van der Waals surface area contributed by atoms with Crippen LogP contribution in [-0.4, -0.2) is 17.0 Å². The highest BCUT2D eigenvalue weighted by Gasteiger charge is 2.24. The highest BCUT2D eigenvalue weighted by atomic mass is 19.1. The molecule has 2 N–H and O–H groups in total. The SMILES string of the molecule is NC(=O)c1ncc(OC2CC2)cc1F. The van der Waals surface area contributed by atoms with Gasteiger partial charge in [0.2, 0.25) is 0 Å². The Morgan fingerprint density at radius 1 is 1.64 bits per heavy atom. The summed E-state index contributed by atoms with van der Waals surface area (Å²) in [5, 5.41) is 0. The molecule has 1 aliphatic carbocycles. The van der Waals surface area contributed by atoms with E-state index in [1.165, 1.54) is 6.20 Å². The van der Waals surface area contributed by atoms with Crippen molar-refractivity contribution < 1.29 is 13.9 Å². The maximum atomic E-state index is 13.1. The Bertz CT molecular complexity index is 377. The van der Waals surface area contributed by atoms with Crippen molar-refractivity contribution in [3.8, 4) is 5.75 Å². The maximum absolute atomic E-state index is 13.1. The highest BCUT2D eigenvalue weighted by Crippen LogP contribution is 2.26. The van der Waals surface area contributed by atoms with Crippen LogP contribution >= 0.6 is 0 Å². The fourth-order valence-corrected chi connectivity index (χ4v) is 1.04.